The number of morpholine rings is 3. The van der Waals surface area contributed by atoms with Gasteiger partial charge in [0.15, 0.2) is 0 Å². The molecule has 0 radical (unpaired) electrons. The van der Waals surface area contributed by atoms with Gasteiger partial charge in [0.25, 0.3) is 0 Å². The van der Waals surface area contributed by atoms with E-state index in [9.17, 15) is 10.1 Å². The molecule has 3 aliphatic heterocycles. The number of aromatic nitrogens is 2. The Hall–Kier alpha value is -3.48. The minimum atomic E-state index is -0.385. The van der Waals surface area contributed by atoms with Crippen molar-refractivity contribution in [2.24, 2.45) is 0 Å². The van der Waals surface area contributed by atoms with E-state index < -0.39 is 0 Å². The van der Waals surface area contributed by atoms with Crippen LogP contribution < -0.4 is 14.7 Å². The fraction of sp³-hybridized carbons (Fsp3) is 0.500. The van der Waals surface area contributed by atoms with E-state index in [4.69, 9.17) is 18.8 Å². The quantitative estimate of drug-likeness (QED) is 0.382. The van der Waals surface area contributed by atoms with Gasteiger partial charge >= 0.3 is 5.69 Å². The summed E-state index contributed by atoms with van der Waals surface area (Å²) in [7, 11) is 0. The lowest BCUT2D eigenvalue weighted by atomic mass is 9.95. The molecule has 0 atom stereocenters. The molecule has 3 fully saturated rings. The van der Waals surface area contributed by atoms with Gasteiger partial charge in [-0.05, 0) is 34.6 Å². The molecule has 0 bridgehead atoms. The molecular weight excluding hydrogens is 468 g/mol. The Bertz CT molecular complexity index is 1210. The van der Waals surface area contributed by atoms with Crippen molar-refractivity contribution in [2.45, 2.75) is 0 Å². The van der Waals surface area contributed by atoms with Crippen LogP contribution >= 0.6 is 0 Å². The molecule has 0 unspecified atom stereocenters. The Morgan fingerprint density at radius 2 is 1.28 bits per heavy atom. The average Bonchev–Trinajstić information content (AvgIpc) is 3.42. The highest BCUT2D eigenvalue weighted by molar-refractivity contribution is 6.01. The molecule has 0 saturated carbocycles. The summed E-state index contributed by atoms with van der Waals surface area (Å²) in [5, 5.41) is 20.1. The highest BCUT2D eigenvalue weighted by Crippen LogP contribution is 2.47. The number of hydrogen-bond donors (Lipinski definition) is 0. The molecular formula is C24H28N6O6. The third kappa shape index (κ3) is 4.21. The van der Waals surface area contributed by atoms with Crippen LogP contribution in [0.2, 0.25) is 0 Å². The lowest BCUT2D eigenvalue weighted by molar-refractivity contribution is -0.382. The van der Waals surface area contributed by atoms with Gasteiger partial charge in [-0.2, -0.15) is 0 Å². The Balaban J connectivity index is 1.61. The standard InChI is InChI=1S/C24H28N6O6/c31-30(32)24-18(1-2-19-23(24)26-36-25-19)22-20(28-5-11-34-12-6-28)15-17(27-3-9-33-10-4-27)16-21(22)29-7-13-35-14-8-29/h1-2,15-16H,3-14H2. The maximum atomic E-state index is 12.4. The molecule has 3 aliphatic rings. The number of nitro groups is 1. The predicted molar refractivity (Wildman–Crippen MR) is 133 cm³/mol. The summed E-state index contributed by atoms with van der Waals surface area (Å²) < 4.78 is 21.7. The zero-order chi connectivity index (χ0) is 24.5. The number of fused-ring (bicyclic) bond motifs is 1. The van der Waals surface area contributed by atoms with E-state index in [1.165, 1.54) is 0 Å². The first kappa shape index (κ1) is 23.0. The van der Waals surface area contributed by atoms with Crippen LogP contribution in [0.25, 0.3) is 22.2 Å². The van der Waals surface area contributed by atoms with Crippen molar-refractivity contribution >= 4 is 33.8 Å². The second-order valence-electron chi connectivity index (χ2n) is 9.01. The van der Waals surface area contributed by atoms with Crippen LogP contribution in [-0.2, 0) is 14.2 Å². The molecule has 36 heavy (non-hydrogen) atoms. The van der Waals surface area contributed by atoms with Gasteiger partial charge in [-0.25, -0.2) is 4.63 Å². The normalized spacial score (nSPS) is 19.2. The first-order valence-electron chi connectivity index (χ1n) is 12.3. The van der Waals surface area contributed by atoms with Crippen molar-refractivity contribution in [3.05, 3.63) is 34.4 Å². The summed E-state index contributed by atoms with van der Waals surface area (Å²) in [6.45, 7) is 8.12. The van der Waals surface area contributed by atoms with E-state index in [0.29, 0.717) is 76.9 Å². The summed E-state index contributed by atoms with van der Waals surface area (Å²) in [6, 6.07) is 7.81. The number of rotatable bonds is 5. The van der Waals surface area contributed by atoms with Gasteiger partial charge in [-0.15, -0.1) is 0 Å². The zero-order valence-corrected chi connectivity index (χ0v) is 19.9. The van der Waals surface area contributed by atoms with E-state index in [1.54, 1.807) is 12.1 Å². The molecule has 0 amide bonds. The smallest absolute Gasteiger partial charge is 0.308 e. The third-order valence-electron chi connectivity index (χ3n) is 7.01. The molecule has 0 aliphatic carbocycles. The minimum absolute atomic E-state index is 0.100. The zero-order valence-electron chi connectivity index (χ0n) is 19.9. The monoisotopic (exact) mass is 496 g/mol. The van der Waals surface area contributed by atoms with Crippen molar-refractivity contribution in [2.75, 3.05) is 93.6 Å². The van der Waals surface area contributed by atoms with Crippen LogP contribution in [0.15, 0.2) is 28.9 Å². The Kier molecular flexibility index (Phi) is 6.30. The van der Waals surface area contributed by atoms with Crippen molar-refractivity contribution in [1.82, 2.24) is 10.3 Å². The Morgan fingerprint density at radius 3 is 1.81 bits per heavy atom. The largest absolute Gasteiger partial charge is 0.378 e. The highest BCUT2D eigenvalue weighted by Gasteiger charge is 2.31. The fourth-order valence-electron chi connectivity index (χ4n) is 5.21. The number of nitrogens with zero attached hydrogens (tertiary/aromatic N) is 6. The Morgan fingerprint density at radius 1 is 0.750 bits per heavy atom. The molecule has 12 nitrogen and oxygen atoms in total. The van der Waals surface area contributed by atoms with Crippen LogP contribution in [0.3, 0.4) is 0 Å². The summed E-state index contributed by atoms with van der Waals surface area (Å²) >= 11 is 0. The van der Waals surface area contributed by atoms with E-state index in [1.807, 2.05) is 0 Å². The maximum absolute atomic E-state index is 12.4. The molecule has 6 rings (SSSR count). The molecule has 0 spiro atoms. The number of nitro benzene ring substituents is 1. The summed E-state index contributed by atoms with van der Waals surface area (Å²) in [5.74, 6) is 0. The maximum Gasteiger partial charge on any atom is 0.308 e. The predicted octanol–water partition coefficient (Wildman–Crippen LogP) is 2.31. The van der Waals surface area contributed by atoms with E-state index in [-0.39, 0.29) is 16.1 Å². The van der Waals surface area contributed by atoms with Gasteiger partial charge in [-0.3, -0.25) is 10.1 Å². The van der Waals surface area contributed by atoms with Crippen molar-refractivity contribution < 1.29 is 23.8 Å². The molecule has 3 saturated heterocycles. The van der Waals surface area contributed by atoms with Gasteiger partial charge in [-0.1, -0.05) is 0 Å². The van der Waals surface area contributed by atoms with E-state index in [0.717, 1.165) is 35.7 Å². The first-order chi connectivity index (χ1) is 17.7. The topological polar surface area (TPSA) is 119 Å². The summed E-state index contributed by atoms with van der Waals surface area (Å²) in [5.41, 5.74) is 4.69. The van der Waals surface area contributed by atoms with Crippen molar-refractivity contribution in [3.63, 3.8) is 0 Å². The van der Waals surface area contributed by atoms with Gasteiger partial charge in [0.2, 0.25) is 5.52 Å². The Labute approximate surface area is 207 Å². The molecule has 4 heterocycles. The lowest BCUT2D eigenvalue weighted by Gasteiger charge is -2.37. The van der Waals surface area contributed by atoms with Gasteiger partial charge in [0.1, 0.15) is 5.52 Å². The van der Waals surface area contributed by atoms with Crippen molar-refractivity contribution in [1.29, 1.82) is 0 Å². The fourth-order valence-corrected chi connectivity index (χ4v) is 5.21. The van der Waals surface area contributed by atoms with Crippen LogP contribution in [0.5, 0.6) is 0 Å². The molecule has 190 valence electrons. The van der Waals surface area contributed by atoms with Crippen LogP contribution in [0.1, 0.15) is 0 Å². The second kappa shape index (κ2) is 9.88. The van der Waals surface area contributed by atoms with Gasteiger partial charge < -0.3 is 28.9 Å². The summed E-state index contributed by atoms with van der Waals surface area (Å²) in [6.07, 6.45) is 0. The van der Waals surface area contributed by atoms with Gasteiger partial charge in [0, 0.05) is 61.9 Å². The van der Waals surface area contributed by atoms with E-state index >= 15 is 0 Å². The number of hydrogen-bond acceptors (Lipinski definition) is 11. The number of benzene rings is 2. The molecule has 1 aromatic heterocycles. The second-order valence-corrected chi connectivity index (χ2v) is 9.01. The lowest BCUT2D eigenvalue weighted by Crippen LogP contribution is -2.40. The third-order valence-corrected chi connectivity index (χ3v) is 7.01. The number of anilines is 3. The average molecular weight is 497 g/mol. The molecule has 0 N–H and O–H groups in total. The summed E-state index contributed by atoms with van der Waals surface area (Å²) in [4.78, 5) is 18.9. The molecule has 12 heteroatoms. The van der Waals surface area contributed by atoms with E-state index in [2.05, 4.69) is 37.1 Å². The van der Waals surface area contributed by atoms with Crippen LogP contribution in [0, 0.1) is 10.1 Å². The van der Waals surface area contributed by atoms with Gasteiger partial charge in [0.05, 0.1) is 50.1 Å². The minimum Gasteiger partial charge on any atom is -0.378 e. The van der Waals surface area contributed by atoms with Crippen molar-refractivity contribution in [3.8, 4) is 11.1 Å². The highest BCUT2D eigenvalue weighted by atomic mass is 16.6. The number of ether oxygens (including phenoxy) is 3. The van der Waals surface area contributed by atoms with Crippen LogP contribution in [-0.4, -0.2) is 94.1 Å². The molecule has 3 aromatic rings. The van der Waals surface area contributed by atoms with Crippen LogP contribution in [0.4, 0.5) is 22.7 Å². The first-order valence-corrected chi connectivity index (χ1v) is 12.3. The SMILES string of the molecule is O=[N+]([O-])c1c(-c2c(N3CCOCC3)cc(N3CCOCC3)cc2N2CCOCC2)ccc2nonc12. The molecule has 2 aromatic carbocycles.